The summed E-state index contributed by atoms with van der Waals surface area (Å²) in [4.78, 5) is 0. The van der Waals surface area contributed by atoms with Crippen LogP contribution in [0.4, 0.5) is 18.9 Å². The van der Waals surface area contributed by atoms with Crippen LogP contribution in [0.3, 0.4) is 0 Å². The highest BCUT2D eigenvalue weighted by Crippen LogP contribution is 2.25. The quantitative estimate of drug-likeness (QED) is 0.692. The lowest BCUT2D eigenvalue weighted by atomic mass is 10.2. The van der Waals surface area contributed by atoms with E-state index in [0.29, 0.717) is 5.56 Å². The molecule has 0 aliphatic heterocycles. The van der Waals surface area contributed by atoms with E-state index in [1.165, 1.54) is 6.07 Å². The number of hydrogen-bond donors (Lipinski definition) is 1. The highest BCUT2D eigenvalue weighted by Gasteiger charge is 2.31. The van der Waals surface area contributed by atoms with Crippen LogP contribution in [0, 0.1) is 6.92 Å². The molecule has 0 amide bonds. The van der Waals surface area contributed by atoms with Gasteiger partial charge in [0.15, 0.2) is 0 Å². The number of benzene rings is 1. The fraction of sp³-hybridized carbons (Fsp3) is 0.250. The average molecular weight is 191 g/mol. The van der Waals surface area contributed by atoms with Crippen LogP contribution in [0.25, 0.3) is 0 Å². The molecule has 2 nitrogen and oxygen atoms in total. The van der Waals surface area contributed by atoms with E-state index in [1.807, 2.05) is 0 Å². The molecule has 1 rings (SSSR count). The van der Waals surface area contributed by atoms with Crippen LogP contribution in [0.1, 0.15) is 5.56 Å². The van der Waals surface area contributed by atoms with Gasteiger partial charge >= 0.3 is 6.36 Å². The van der Waals surface area contributed by atoms with E-state index >= 15 is 0 Å². The summed E-state index contributed by atoms with van der Waals surface area (Å²) in [5.74, 6) is -0.287. The third-order valence-electron chi connectivity index (χ3n) is 1.31. The first-order valence-electron chi connectivity index (χ1n) is 3.50. The highest BCUT2D eigenvalue weighted by atomic mass is 19.4. The lowest BCUT2D eigenvalue weighted by Crippen LogP contribution is -2.17. The Kier molecular flexibility index (Phi) is 2.36. The van der Waals surface area contributed by atoms with E-state index in [4.69, 9.17) is 5.73 Å². The maximum Gasteiger partial charge on any atom is 0.573 e. The van der Waals surface area contributed by atoms with Gasteiger partial charge in [0.1, 0.15) is 5.75 Å². The molecule has 0 unspecified atom stereocenters. The Morgan fingerprint density at radius 1 is 1.23 bits per heavy atom. The second kappa shape index (κ2) is 3.16. The fourth-order valence-electron chi connectivity index (χ4n) is 0.969. The summed E-state index contributed by atoms with van der Waals surface area (Å²) in [7, 11) is 0. The van der Waals surface area contributed by atoms with Crippen molar-refractivity contribution < 1.29 is 17.9 Å². The molecule has 0 atom stereocenters. The highest BCUT2D eigenvalue weighted by molar-refractivity contribution is 5.47. The van der Waals surface area contributed by atoms with Crippen molar-refractivity contribution in [1.29, 1.82) is 0 Å². The zero-order valence-corrected chi connectivity index (χ0v) is 6.85. The van der Waals surface area contributed by atoms with Crippen LogP contribution in [0.15, 0.2) is 18.2 Å². The molecule has 0 heterocycles. The largest absolute Gasteiger partial charge is 0.573 e. The van der Waals surface area contributed by atoms with Gasteiger partial charge in [-0.15, -0.1) is 13.2 Å². The van der Waals surface area contributed by atoms with E-state index in [2.05, 4.69) is 4.74 Å². The predicted molar refractivity (Wildman–Crippen MR) is 42.3 cm³/mol. The van der Waals surface area contributed by atoms with Crippen molar-refractivity contribution in [2.75, 3.05) is 5.73 Å². The van der Waals surface area contributed by atoms with Gasteiger partial charge in [-0.05, 0) is 24.6 Å². The Labute approximate surface area is 73.1 Å². The molecule has 0 fully saturated rings. The van der Waals surface area contributed by atoms with Crippen molar-refractivity contribution in [3.63, 3.8) is 0 Å². The Morgan fingerprint density at radius 2 is 1.85 bits per heavy atom. The van der Waals surface area contributed by atoms with E-state index < -0.39 is 6.36 Å². The topological polar surface area (TPSA) is 35.2 Å². The Bertz CT molecular complexity index is 288. The maximum absolute atomic E-state index is 11.7. The Hall–Kier alpha value is -1.39. The second-order valence-corrected chi connectivity index (χ2v) is 2.63. The summed E-state index contributed by atoms with van der Waals surface area (Å²) in [6, 6.07) is 3.95. The Balaban J connectivity index is 2.90. The Morgan fingerprint density at radius 3 is 2.31 bits per heavy atom. The minimum absolute atomic E-state index is 0.249. The molecule has 0 aliphatic rings. The third-order valence-corrected chi connectivity index (χ3v) is 1.31. The van der Waals surface area contributed by atoms with Crippen LogP contribution < -0.4 is 10.5 Å². The maximum atomic E-state index is 11.7. The average Bonchev–Trinajstić information content (AvgIpc) is 1.78. The number of alkyl halides is 3. The van der Waals surface area contributed by atoms with Gasteiger partial charge in [-0.25, -0.2) is 0 Å². The zero-order chi connectivity index (χ0) is 10.1. The minimum Gasteiger partial charge on any atom is -0.406 e. The molecule has 0 saturated carbocycles. The van der Waals surface area contributed by atoms with Crippen molar-refractivity contribution in [2.45, 2.75) is 13.3 Å². The smallest absolute Gasteiger partial charge is 0.406 e. The van der Waals surface area contributed by atoms with Crippen LogP contribution in [0.2, 0.25) is 0 Å². The number of aryl methyl sites for hydroxylation is 1. The first-order chi connectivity index (χ1) is 5.87. The summed E-state index contributed by atoms with van der Waals surface area (Å²) in [6.07, 6.45) is -4.67. The standard InChI is InChI=1S/C8H8F3NO/c1-5-2-6(12)4-7(3-5)13-8(9,10)11/h2-4H,12H2,1H3. The molecule has 2 N–H and O–H groups in total. The number of nitrogens with two attached hydrogens (primary N) is 1. The van der Waals surface area contributed by atoms with Crippen LogP contribution in [0.5, 0.6) is 5.75 Å². The summed E-state index contributed by atoms with van der Waals surface area (Å²) in [6.45, 7) is 1.64. The second-order valence-electron chi connectivity index (χ2n) is 2.63. The molecule has 13 heavy (non-hydrogen) atoms. The van der Waals surface area contributed by atoms with Crippen LogP contribution in [-0.4, -0.2) is 6.36 Å². The molecule has 0 spiro atoms. The number of halogens is 3. The third kappa shape index (κ3) is 3.23. The van der Waals surface area contributed by atoms with Gasteiger partial charge in [0.05, 0.1) is 0 Å². The zero-order valence-electron chi connectivity index (χ0n) is 6.85. The minimum atomic E-state index is -4.67. The van der Waals surface area contributed by atoms with Crippen molar-refractivity contribution in [3.05, 3.63) is 23.8 Å². The molecular weight excluding hydrogens is 183 g/mol. The van der Waals surface area contributed by atoms with Gasteiger partial charge in [-0.1, -0.05) is 0 Å². The van der Waals surface area contributed by atoms with Gasteiger partial charge in [0.2, 0.25) is 0 Å². The van der Waals surface area contributed by atoms with Crippen molar-refractivity contribution in [2.24, 2.45) is 0 Å². The van der Waals surface area contributed by atoms with E-state index in [9.17, 15) is 13.2 Å². The first-order valence-corrected chi connectivity index (χ1v) is 3.50. The fourth-order valence-corrected chi connectivity index (χ4v) is 0.969. The van der Waals surface area contributed by atoms with Gasteiger partial charge in [-0.3, -0.25) is 0 Å². The summed E-state index contributed by atoms with van der Waals surface area (Å²) < 4.78 is 38.9. The number of nitrogen functional groups attached to an aromatic ring is 1. The van der Waals surface area contributed by atoms with Crippen molar-refractivity contribution in [1.82, 2.24) is 0 Å². The number of ether oxygens (including phenoxy) is 1. The number of hydrogen-bond acceptors (Lipinski definition) is 2. The summed E-state index contributed by atoms with van der Waals surface area (Å²) >= 11 is 0. The summed E-state index contributed by atoms with van der Waals surface area (Å²) in [5, 5.41) is 0. The van der Waals surface area contributed by atoms with Gasteiger partial charge in [-0.2, -0.15) is 0 Å². The van der Waals surface area contributed by atoms with Gasteiger partial charge in [0.25, 0.3) is 0 Å². The van der Waals surface area contributed by atoms with Crippen LogP contribution >= 0.6 is 0 Å². The molecule has 72 valence electrons. The van der Waals surface area contributed by atoms with Crippen molar-refractivity contribution in [3.8, 4) is 5.75 Å². The first kappa shape index (κ1) is 9.70. The predicted octanol–water partition coefficient (Wildman–Crippen LogP) is 2.48. The molecule has 0 aromatic heterocycles. The molecule has 0 saturated heterocycles. The summed E-state index contributed by atoms with van der Waals surface area (Å²) in [5.41, 5.74) is 6.20. The van der Waals surface area contributed by atoms with Crippen LogP contribution in [-0.2, 0) is 0 Å². The number of anilines is 1. The van der Waals surface area contributed by atoms with Gasteiger partial charge in [0, 0.05) is 11.8 Å². The molecule has 0 bridgehead atoms. The monoisotopic (exact) mass is 191 g/mol. The normalized spacial score (nSPS) is 11.4. The SMILES string of the molecule is Cc1cc(N)cc(OC(F)(F)F)c1. The number of rotatable bonds is 1. The van der Waals surface area contributed by atoms with Crippen molar-refractivity contribution >= 4 is 5.69 Å². The molecule has 5 heteroatoms. The molecule has 0 radical (unpaired) electrons. The lowest BCUT2D eigenvalue weighted by Gasteiger charge is -2.09. The van der Waals surface area contributed by atoms with E-state index in [0.717, 1.165) is 6.07 Å². The van der Waals surface area contributed by atoms with E-state index in [1.54, 1.807) is 13.0 Å². The molecule has 0 aliphatic carbocycles. The van der Waals surface area contributed by atoms with Gasteiger partial charge < -0.3 is 10.5 Å². The molecular formula is C8H8F3NO. The molecule has 1 aromatic rings. The van der Waals surface area contributed by atoms with E-state index in [-0.39, 0.29) is 11.4 Å². The molecule has 1 aromatic carbocycles. The lowest BCUT2D eigenvalue weighted by molar-refractivity contribution is -0.274.